The van der Waals surface area contributed by atoms with E-state index in [-0.39, 0.29) is 5.92 Å². The van der Waals surface area contributed by atoms with E-state index in [1.165, 1.54) is 0 Å². The first kappa shape index (κ1) is 13.3. The number of rotatable bonds is 6. The second-order valence-corrected chi connectivity index (χ2v) is 4.30. The number of carbonyl (C=O) groups excluding carboxylic acids is 1. The number of aromatic nitrogens is 1. The van der Waals surface area contributed by atoms with Crippen LogP contribution in [0.1, 0.15) is 19.5 Å². The predicted octanol–water partition coefficient (Wildman–Crippen LogP) is 1.03. The van der Waals surface area contributed by atoms with Gasteiger partial charge in [-0.1, -0.05) is 13.8 Å². The minimum absolute atomic E-state index is 0.210. The Morgan fingerprint density at radius 3 is 2.65 bits per heavy atom. The monoisotopic (exact) mass is 238 g/mol. The van der Waals surface area contributed by atoms with Crippen molar-refractivity contribution in [2.24, 2.45) is 11.8 Å². The number of carboxylic acid groups (broad SMARTS) is 1. The largest absolute Gasteiger partial charge is 0.481 e. The molecule has 1 unspecified atom stereocenters. The lowest BCUT2D eigenvalue weighted by atomic mass is 9.95. The zero-order valence-corrected chi connectivity index (χ0v) is 10.1. The predicted molar refractivity (Wildman–Crippen MR) is 63.5 cm³/mol. The second-order valence-electron chi connectivity index (χ2n) is 4.30. The van der Waals surface area contributed by atoms with Gasteiger partial charge in [0, 0.05) is 24.9 Å². The molecule has 1 heterocycles. The molecule has 5 nitrogen and oxygen atoms in total. The van der Waals surface area contributed by atoms with Crippen molar-refractivity contribution in [1.82, 2.24) is 10.3 Å². The van der Waals surface area contributed by atoms with E-state index >= 15 is 0 Å². The van der Waals surface area contributed by atoms with Gasteiger partial charge < -0.3 is 15.4 Å². The average Bonchev–Trinajstić information content (AvgIpc) is 2.69. The molecule has 94 valence electrons. The van der Waals surface area contributed by atoms with Gasteiger partial charge in [-0.25, -0.2) is 0 Å². The van der Waals surface area contributed by atoms with Crippen LogP contribution in [0, 0.1) is 11.8 Å². The molecule has 0 fully saturated rings. The van der Waals surface area contributed by atoms with Crippen LogP contribution in [0.15, 0.2) is 18.3 Å². The molecule has 0 saturated heterocycles. The number of aliphatic carboxylic acids is 1. The number of hydrogen-bond acceptors (Lipinski definition) is 2. The first-order chi connectivity index (χ1) is 8.02. The normalized spacial score (nSPS) is 12.4. The van der Waals surface area contributed by atoms with Crippen LogP contribution < -0.4 is 5.32 Å². The van der Waals surface area contributed by atoms with E-state index in [1.807, 2.05) is 18.3 Å². The number of amides is 1. The summed E-state index contributed by atoms with van der Waals surface area (Å²) in [5.41, 5.74) is 1.02. The third kappa shape index (κ3) is 3.94. The van der Waals surface area contributed by atoms with Crippen molar-refractivity contribution in [2.45, 2.75) is 20.3 Å². The number of H-pyrrole nitrogens is 1. The Hall–Kier alpha value is -1.78. The maximum atomic E-state index is 11.7. The fourth-order valence-electron chi connectivity index (χ4n) is 1.65. The third-order valence-corrected chi connectivity index (χ3v) is 2.57. The van der Waals surface area contributed by atoms with Crippen molar-refractivity contribution in [3.05, 3.63) is 24.0 Å². The van der Waals surface area contributed by atoms with Crippen LogP contribution in [-0.4, -0.2) is 28.5 Å². The number of nitrogens with one attached hydrogen (secondary N) is 2. The number of carboxylic acids is 1. The molecule has 0 aliphatic rings. The van der Waals surface area contributed by atoms with Crippen molar-refractivity contribution in [2.75, 3.05) is 6.54 Å². The molecule has 5 heteroatoms. The van der Waals surface area contributed by atoms with Gasteiger partial charge in [-0.2, -0.15) is 0 Å². The second kappa shape index (κ2) is 6.08. The van der Waals surface area contributed by atoms with E-state index < -0.39 is 17.8 Å². The molecule has 0 spiro atoms. The summed E-state index contributed by atoms with van der Waals surface area (Å²) in [6.07, 6.45) is 2.48. The quantitative estimate of drug-likeness (QED) is 0.647. The molecule has 0 aromatic carbocycles. The average molecular weight is 238 g/mol. The van der Waals surface area contributed by atoms with E-state index in [4.69, 9.17) is 5.11 Å². The summed E-state index contributed by atoms with van der Waals surface area (Å²) in [4.78, 5) is 25.6. The molecule has 1 aromatic rings. The molecule has 0 aliphatic carbocycles. The maximum absolute atomic E-state index is 11.7. The van der Waals surface area contributed by atoms with Crippen molar-refractivity contribution in [3.8, 4) is 0 Å². The summed E-state index contributed by atoms with van der Waals surface area (Å²) in [6.45, 7) is 3.89. The molecule has 1 amide bonds. The van der Waals surface area contributed by atoms with Crippen molar-refractivity contribution in [1.29, 1.82) is 0 Å². The summed E-state index contributed by atoms with van der Waals surface area (Å²) < 4.78 is 0. The minimum atomic E-state index is -1.07. The van der Waals surface area contributed by atoms with Gasteiger partial charge in [-0.3, -0.25) is 9.59 Å². The van der Waals surface area contributed by atoms with Gasteiger partial charge in [0.15, 0.2) is 0 Å². The Morgan fingerprint density at radius 1 is 1.47 bits per heavy atom. The Labute approximate surface area is 100 Å². The Morgan fingerprint density at radius 2 is 2.18 bits per heavy atom. The van der Waals surface area contributed by atoms with Crippen molar-refractivity contribution < 1.29 is 14.7 Å². The molecule has 1 aromatic heterocycles. The zero-order valence-electron chi connectivity index (χ0n) is 10.1. The fourth-order valence-corrected chi connectivity index (χ4v) is 1.65. The first-order valence-electron chi connectivity index (χ1n) is 5.65. The number of aromatic amines is 1. The maximum Gasteiger partial charge on any atom is 0.316 e. The van der Waals surface area contributed by atoms with Crippen LogP contribution in [0.25, 0.3) is 0 Å². The van der Waals surface area contributed by atoms with E-state index in [0.29, 0.717) is 13.0 Å². The topological polar surface area (TPSA) is 82.2 Å². The van der Waals surface area contributed by atoms with Gasteiger partial charge in [0.05, 0.1) is 0 Å². The summed E-state index contributed by atoms with van der Waals surface area (Å²) in [5, 5.41) is 11.6. The number of hydrogen-bond donors (Lipinski definition) is 3. The molecule has 0 bridgehead atoms. The Balaban J connectivity index is 2.40. The van der Waals surface area contributed by atoms with Crippen LogP contribution in [0.3, 0.4) is 0 Å². The lowest BCUT2D eigenvalue weighted by Crippen LogP contribution is -2.39. The highest BCUT2D eigenvalue weighted by molar-refractivity contribution is 5.97. The first-order valence-corrected chi connectivity index (χ1v) is 5.65. The van der Waals surface area contributed by atoms with E-state index in [2.05, 4.69) is 10.3 Å². The van der Waals surface area contributed by atoms with Crippen LogP contribution in [-0.2, 0) is 16.0 Å². The van der Waals surface area contributed by atoms with E-state index in [1.54, 1.807) is 13.8 Å². The van der Waals surface area contributed by atoms with E-state index in [0.717, 1.165) is 5.69 Å². The van der Waals surface area contributed by atoms with Gasteiger partial charge in [-0.15, -0.1) is 0 Å². The molecule has 17 heavy (non-hydrogen) atoms. The van der Waals surface area contributed by atoms with Gasteiger partial charge >= 0.3 is 5.97 Å². The van der Waals surface area contributed by atoms with Crippen molar-refractivity contribution >= 4 is 11.9 Å². The molecule has 0 aliphatic heterocycles. The van der Waals surface area contributed by atoms with Gasteiger partial charge in [0.2, 0.25) is 5.91 Å². The third-order valence-electron chi connectivity index (χ3n) is 2.57. The highest BCUT2D eigenvalue weighted by atomic mass is 16.4. The lowest BCUT2D eigenvalue weighted by Gasteiger charge is -2.15. The highest BCUT2D eigenvalue weighted by Crippen LogP contribution is 2.11. The van der Waals surface area contributed by atoms with Crippen molar-refractivity contribution in [3.63, 3.8) is 0 Å². The summed E-state index contributed by atoms with van der Waals surface area (Å²) in [7, 11) is 0. The van der Waals surface area contributed by atoms with Crippen LogP contribution in [0.4, 0.5) is 0 Å². The van der Waals surface area contributed by atoms with E-state index in [9.17, 15) is 9.59 Å². The van der Waals surface area contributed by atoms with Crippen LogP contribution in [0.5, 0.6) is 0 Å². The minimum Gasteiger partial charge on any atom is -0.481 e. The molecule has 1 rings (SSSR count). The van der Waals surface area contributed by atoms with Gasteiger partial charge in [0.25, 0.3) is 0 Å². The smallest absolute Gasteiger partial charge is 0.316 e. The molecule has 0 radical (unpaired) electrons. The standard InChI is InChI=1S/C12H18N2O3/c1-8(2)10(12(16)17)11(15)14-7-5-9-4-3-6-13-9/h3-4,6,8,10,13H,5,7H2,1-2H3,(H,14,15)(H,16,17). The Kier molecular flexibility index (Phi) is 4.75. The van der Waals surface area contributed by atoms with Gasteiger partial charge in [0.1, 0.15) is 5.92 Å². The molecular formula is C12H18N2O3. The molecule has 3 N–H and O–H groups in total. The van der Waals surface area contributed by atoms with Crippen LogP contribution >= 0.6 is 0 Å². The summed E-state index contributed by atoms with van der Waals surface area (Å²) in [6, 6.07) is 3.80. The SMILES string of the molecule is CC(C)C(C(=O)O)C(=O)NCCc1ccc[nH]1. The molecule has 1 atom stereocenters. The molecular weight excluding hydrogens is 220 g/mol. The molecule has 0 saturated carbocycles. The van der Waals surface area contributed by atoms with Gasteiger partial charge in [-0.05, 0) is 18.1 Å². The number of carbonyl (C=O) groups is 2. The summed E-state index contributed by atoms with van der Waals surface area (Å²) >= 11 is 0. The zero-order chi connectivity index (χ0) is 12.8. The Bertz CT molecular complexity index is 371. The highest BCUT2D eigenvalue weighted by Gasteiger charge is 2.28. The lowest BCUT2D eigenvalue weighted by molar-refractivity contribution is -0.148. The fraction of sp³-hybridized carbons (Fsp3) is 0.500. The summed E-state index contributed by atoms with van der Waals surface area (Å²) in [5.74, 6) is -2.67. The van der Waals surface area contributed by atoms with Crippen LogP contribution in [0.2, 0.25) is 0 Å².